The van der Waals surface area contributed by atoms with Crippen LogP contribution in [0.4, 0.5) is 16.2 Å². The largest absolute Gasteiger partial charge is 0.495 e. The SMILES string of the molecule is COc1ccccc1NC(=O)Nc1ccc(B2OC(C)(C)C(C)(C)O2)cc1. The summed E-state index contributed by atoms with van der Waals surface area (Å²) in [7, 11) is 1.14. The molecule has 1 saturated heterocycles. The number of urea groups is 1. The molecular formula is C20H25BN2O4. The molecule has 2 N–H and O–H groups in total. The number of hydrogen-bond donors (Lipinski definition) is 2. The molecular weight excluding hydrogens is 343 g/mol. The third-order valence-electron chi connectivity index (χ3n) is 5.05. The summed E-state index contributed by atoms with van der Waals surface area (Å²) in [6.07, 6.45) is 0. The fraction of sp³-hybridized carbons (Fsp3) is 0.350. The molecule has 0 spiro atoms. The molecule has 6 nitrogen and oxygen atoms in total. The first-order chi connectivity index (χ1) is 12.7. The van der Waals surface area contributed by atoms with Crippen LogP contribution in [0.1, 0.15) is 27.7 Å². The second-order valence-corrected chi connectivity index (χ2v) is 7.49. The highest BCUT2D eigenvalue weighted by molar-refractivity contribution is 6.62. The summed E-state index contributed by atoms with van der Waals surface area (Å²) < 4.78 is 17.3. The van der Waals surface area contributed by atoms with Crippen LogP contribution in [0.3, 0.4) is 0 Å². The van der Waals surface area contributed by atoms with Crippen LogP contribution in [0.25, 0.3) is 0 Å². The normalized spacial score (nSPS) is 17.4. The van der Waals surface area contributed by atoms with E-state index in [-0.39, 0.29) is 17.2 Å². The summed E-state index contributed by atoms with van der Waals surface area (Å²) in [4.78, 5) is 12.2. The second-order valence-electron chi connectivity index (χ2n) is 7.49. The first kappa shape index (κ1) is 19.3. The topological polar surface area (TPSA) is 68.8 Å². The number of anilines is 2. The van der Waals surface area contributed by atoms with Crippen LogP contribution in [0.15, 0.2) is 48.5 Å². The van der Waals surface area contributed by atoms with E-state index >= 15 is 0 Å². The van der Waals surface area contributed by atoms with Crippen LogP contribution in [-0.4, -0.2) is 31.5 Å². The van der Waals surface area contributed by atoms with Crippen molar-refractivity contribution in [2.24, 2.45) is 0 Å². The van der Waals surface area contributed by atoms with Crippen molar-refractivity contribution in [3.63, 3.8) is 0 Å². The third kappa shape index (κ3) is 4.09. The van der Waals surface area contributed by atoms with Crippen LogP contribution >= 0.6 is 0 Å². The van der Waals surface area contributed by atoms with Crippen molar-refractivity contribution in [2.45, 2.75) is 38.9 Å². The maximum atomic E-state index is 12.2. The number of ether oxygens (including phenoxy) is 1. The van der Waals surface area contributed by atoms with Crippen LogP contribution < -0.4 is 20.8 Å². The predicted octanol–water partition coefficient (Wildman–Crippen LogP) is 3.64. The fourth-order valence-corrected chi connectivity index (χ4v) is 2.74. The van der Waals surface area contributed by atoms with Crippen LogP contribution in [-0.2, 0) is 9.31 Å². The maximum Gasteiger partial charge on any atom is 0.494 e. The van der Waals surface area contributed by atoms with Gasteiger partial charge < -0.3 is 24.7 Å². The molecule has 1 aliphatic heterocycles. The fourth-order valence-electron chi connectivity index (χ4n) is 2.74. The predicted molar refractivity (Wildman–Crippen MR) is 108 cm³/mol. The van der Waals surface area contributed by atoms with Gasteiger partial charge in [-0.1, -0.05) is 24.3 Å². The molecule has 0 aliphatic carbocycles. The average molecular weight is 368 g/mol. The van der Waals surface area contributed by atoms with Gasteiger partial charge in [-0.2, -0.15) is 0 Å². The van der Waals surface area contributed by atoms with E-state index in [4.69, 9.17) is 14.0 Å². The van der Waals surface area contributed by atoms with Gasteiger partial charge in [-0.15, -0.1) is 0 Å². The lowest BCUT2D eigenvalue weighted by Crippen LogP contribution is -2.41. The number of para-hydroxylation sites is 2. The van der Waals surface area contributed by atoms with Gasteiger partial charge in [0, 0.05) is 5.69 Å². The quantitative estimate of drug-likeness (QED) is 0.809. The Labute approximate surface area is 160 Å². The molecule has 2 aromatic carbocycles. The maximum absolute atomic E-state index is 12.2. The summed E-state index contributed by atoms with van der Waals surface area (Å²) in [5, 5.41) is 5.58. The van der Waals surface area contributed by atoms with Gasteiger partial charge in [0.2, 0.25) is 0 Å². The molecule has 142 valence electrons. The summed E-state index contributed by atoms with van der Waals surface area (Å²) >= 11 is 0. The third-order valence-corrected chi connectivity index (χ3v) is 5.05. The van der Waals surface area contributed by atoms with Crippen molar-refractivity contribution in [2.75, 3.05) is 17.7 Å². The Morgan fingerprint density at radius 1 is 0.926 bits per heavy atom. The Morgan fingerprint density at radius 3 is 2.11 bits per heavy atom. The minimum absolute atomic E-state index is 0.345. The van der Waals surface area contributed by atoms with Gasteiger partial charge in [-0.3, -0.25) is 0 Å². The molecule has 3 rings (SSSR count). The van der Waals surface area contributed by atoms with Gasteiger partial charge in [0.05, 0.1) is 24.0 Å². The highest BCUT2D eigenvalue weighted by Crippen LogP contribution is 2.36. The number of methoxy groups -OCH3 is 1. The molecule has 7 heteroatoms. The molecule has 1 aliphatic rings. The number of amides is 2. The Bertz CT molecular complexity index is 805. The standard InChI is InChI=1S/C20H25BN2O4/c1-19(2)20(3,4)27-21(26-19)14-10-12-15(13-11-14)22-18(24)23-16-8-6-7-9-17(16)25-5/h6-13H,1-5H3,(H2,22,23,24). The molecule has 2 aromatic rings. The van der Waals surface area contributed by atoms with Gasteiger partial charge in [-0.05, 0) is 57.4 Å². The van der Waals surface area contributed by atoms with Gasteiger partial charge in [0.25, 0.3) is 0 Å². The molecule has 27 heavy (non-hydrogen) atoms. The van der Waals surface area contributed by atoms with E-state index in [0.29, 0.717) is 17.1 Å². The van der Waals surface area contributed by atoms with Gasteiger partial charge in [-0.25, -0.2) is 4.79 Å². The molecule has 2 amide bonds. The molecule has 0 unspecified atom stereocenters. The molecule has 0 aromatic heterocycles. The Balaban J connectivity index is 1.64. The van der Waals surface area contributed by atoms with Crippen molar-refractivity contribution < 1.29 is 18.8 Å². The van der Waals surface area contributed by atoms with Crippen LogP contribution in [0, 0.1) is 0 Å². The summed E-state index contributed by atoms with van der Waals surface area (Å²) in [6.45, 7) is 8.08. The zero-order chi connectivity index (χ0) is 19.7. The lowest BCUT2D eigenvalue weighted by atomic mass is 9.79. The zero-order valence-corrected chi connectivity index (χ0v) is 16.3. The van der Waals surface area contributed by atoms with E-state index in [9.17, 15) is 4.79 Å². The lowest BCUT2D eigenvalue weighted by molar-refractivity contribution is 0.00578. The molecule has 1 fully saturated rings. The minimum atomic E-state index is -0.425. The van der Waals surface area contributed by atoms with Crippen LogP contribution in [0.2, 0.25) is 0 Å². The Kier molecular flexibility index (Phi) is 5.17. The van der Waals surface area contributed by atoms with E-state index in [1.807, 2.05) is 64.1 Å². The van der Waals surface area contributed by atoms with Crippen molar-refractivity contribution in [1.29, 1.82) is 0 Å². The van der Waals surface area contributed by atoms with Crippen molar-refractivity contribution in [3.05, 3.63) is 48.5 Å². The van der Waals surface area contributed by atoms with Gasteiger partial charge >= 0.3 is 13.1 Å². The van der Waals surface area contributed by atoms with Gasteiger partial charge in [0.1, 0.15) is 5.75 Å². The second kappa shape index (κ2) is 7.25. The Hall–Kier alpha value is -2.51. The van der Waals surface area contributed by atoms with E-state index in [0.717, 1.165) is 5.46 Å². The van der Waals surface area contributed by atoms with E-state index in [1.165, 1.54) is 0 Å². The number of rotatable bonds is 4. The molecule has 0 saturated carbocycles. The van der Waals surface area contributed by atoms with E-state index in [2.05, 4.69) is 10.6 Å². The first-order valence-corrected chi connectivity index (χ1v) is 8.88. The Morgan fingerprint density at radius 2 is 1.52 bits per heavy atom. The summed E-state index contributed by atoms with van der Waals surface area (Å²) in [5.74, 6) is 0.601. The van der Waals surface area contributed by atoms with E-state index < -0.39 is 7.12 Å². The highest BCUT2D eigenvalue weighted by Gasteiger charge is 2.51. The smallest absolute Gasteiger partial charge is 0.494 e. The van der Waals surface area contributed by atoms with Crippen molar-refractivity contribution in [3.8, 4) is 5.75 Å². The number of carbonyl (C=O) groups is 1. The summed E-state index contributed by atoms with van der Waals surface area (Å²) in [6, 6.07) is 14.3. The number of benzene rings is 2. The highest BCUT2D eigenvalue weighted by atomic mass is 16.7. The zero-order valence-electron chi connectivity index (χ0n) is 16.3. The number of carbonyl (C=O) groups excluding carboxylic acids is 1. The summed E-state index contributed by atoms with van der Waals surface area (Å²) in [5.41, 5.74) is 1.41. The monoisotopic (exact) mass is 368 g/mol. The molecule has 0 bridgehead atoms. The first-order valence-electron chi connectivity index (χ1n) is 8.88. The molecule has 0 atom stereocenters. The molecule has 1 heterocycles. The average Bonchev–Trinajstić information content (AvgIpc) is 2.83. The minimum Gasteiger partial charge on any atom is -0.495 e. The van der Waals surface area contributed by atoms with Crippen molar-refractivity contribution in [1.82, 2.24) is 0 Å². The molecule has 0 radical (unpaired) electrons. The van der Waals surface area contributed by atoms with Crippen LogP contribution in [0.5, 0.6) is 5.75 Å². The van der Waals surface area contributed by atoms with Gasteiger partial charge in [0.15, 0.2) is 0 Å². The van der Waals surface area contributed by atoms with E-state index in [1.54, 1.807) is 19.2 Å². The van der Waals surface area contributed by atoms with Crippen molar-refractivity contribution >= 4 is 30.0 Å². The lowest BCUT2D eigenvalue weighted by Gasteiger charge is -2.32. The number of nitrogens with one attached hydrogen (secondary N) is 2. The number of hydrogen-bond acceptors (Lipinski definition) is 4.